The quantitative estimate of drug-likeness (QED) is 0.479. The average molecular weight is 285 g/mol. The Morgan fingerprint density at radius 2 is 1.50 bits per heavy atom. The predicted octanol–water partition coefficient (Wildman–Crippen LogP) is 1.99. The molecule has 1 aliphatic rings. The molecule has 0 radical (unpaired) electrons. The Kier molecular flexibility index (Phi) is 10.5. The largest absolute Gasteiger partial charge is 0.481 e. The van der Waals surface area contributed by atoms with Crippen molar-refractivity contribution < 1.29 is 9.90 Å². The lowest BCUT2D eigenvalue weighted by atomic mass is 10.1. The van der Waals surface area contributed by atoms with Gasteiger partial charge in [-0.25, -0.2) is 5.01 Å². The molecule has 3 N–H and O–H groups in total. The molecule has 1 aliphatic heterocycles. The lowest BCUT2D eigenvalue weighted by Crippen LogP contribution is -2.50. The number of unbranched alkanes of at least 4 members (excludes halogenated alkanes) is 7. The summed E-state index contributed by atoms with van der Waals surface area (Å²) in [6, 6.07) is 0. The predicted molar refractivity (Wildman–Crippen MR) is 81.6 cm³/mol. The van der Waals surface area contributed by atoms with Gasteiger partial charge >= 0.3 is 5.97 Å². The molecule has 0 amide bonds. The highest BCUT2D eigenvalue weighted by atomic mass is 16.4. The molecule has 1 rings (SSSR count). The Morgan fingerprint density at radius 3 is 2.10 bits per heavy atom. The van der Waals surface area contributed by atoms with Crippen LogP contribution in [0, 0.1) is 0 Å². The molecule has 1 saturated heterocycles. The number of piperazine rings is 1. The van der Waals surface area contributed by atoms with E-state index < -0.39 is 5.97 Å². The third kappa shape index (κ3) is 10.2. The van der Waals surface area contributed by atoms with Crippen molar-refractivity contribution in [3.8, 4) is 0 Å². The van der Waals surface area contributed by atoms with Crippen molar-refractivity contribution in [2.75, 3.05) is 32.7 Å². The summed E-state index contributed by atoms with van der Waals surface area (Å²) in [7, 11) is 0. The first kappa shape index (κ1) is 17.4. The van der Waals surface area contributed by atoms with Crippen molar-refractivity contribution >= 4 is 5.97 Å². The summed E-state index contributed by atoms with van der Waals surface area (Å²) in [5.74, 6) is -0.665. The molecule has 0 atom stereocenters. The molecule has 1 fully saturated rings. The van der Waals surface area contributed by atoms with E-state index in [9.17, 15) is 4.79 Å². The van der Waals surface area contributed by atoms with E-state index in [2.05, 4.69) is 15.8 Å². The van der Waals surface area contributed by atoms with Gasteiger partial charge in [-0.05, 0) is 12.8 Å². The van der Waals surface area contributed by atoms with Gasteiger partial charge < -0.3 is 10.4 Å². The van der Waals surface area contributed by atoms with Crippen LogP contribution in [0.15, 0.2) is 0 Å². The van der Waals surface area contributed by atoms with Gasteiger partial charge in [0.15, 0.2) is 0 Å². The van der Waals surface area contributed by atoms with Gasteiger partial charge in [0, 0.05) is 39.1 Å². The monoisotopic (exact) mass is 285 g/mol. The maximum Gasteiger partial charge on any atom is 0.303 e. The highest BCUT2D eigenvalue weighted by Gasteiger charge is 2.07. The number of hydrogen-bond donors (Lipinski definition) is 3. The van der Waals surface area contributed by atoms with Gasteiger partial charge in [-0.3, -0.25) is 10.2 Å². The smallest absolute Gasteiger partial charge is 0.303 e. The first-order valence-electron chi connectivity index (χ1n) is 8.20. The van der Waals surface area contributed by atoms with Crippen LogP contribution in [0.3, 0.4) is 0 Å². The van der Waals surface area contributed by atoms with Crippen molar-refractivity contribution in [1.29, 1.82) is 0 Å². The van der Waals surface area contributed by atoms with Crippen molar-refractivity contribution in [3.63, 3.8) is 0 Å². The number of carboxylic acid groups (broad SMARTS) is 1. The number of carboxylic acids is 1. The van der Waals surface area contributed by atoms with Gasteiger partial charge in [-0.2, -0.15) is 0 Å². The molecule has 0 aromatic carbocycles. The molecule has 0 spiro atoms. The first-order valence-corrected chi connectivity index (χ1v) is 8.20. The van der Waals surface area contributed by atoms with Crippen LogP contribution < -0.4 is 10.7 Å². The zero-order valence-corrected chi connectivity index (χ0v) is 12.7. The van der Waals surface area contributed by atoms with Crippen molar-refractivity contribution in [2.45, 2.75) is 57.8 Å². The number of hydrogen-bond acceptors (Lipinski definition) is 4. The Hall–Kier alpha value is -0.650. The molecule has 0 unspecified atom stereocenters. The fourth-order valence-corrected chi connectivity index (χ4v) is 2.52. The minimum absolute atomic E-state index is 0.331. The third-order valence-corrected chi connectivity index (χ3v) is 3.77. The van der Waals surface area contributed by atoms with Crippen LogP contribution >= 0.6 is 0 Å². The molecule has 5 nitrogen and oxygen atoms in total. The highest BCUT2D eigenvalue weighted by Crippen LogP contribution is 2.09. The van der Waals surface area contributed by atoms with Crippen LogP contribution in [0.4, 0.5) is 0 Å². The van der Waals surface area contributed by atoms with Gasteiger partial charge in [0.2, 0.25) is 0 Å². The second kappa shape index (κ2) is 12.1. The molecular formula is C15H31N3O2. The summed E-state index contributed by atoms with van der Waals surface area (Å²) < 4.78 is 0. The molecule has 0 bridgehead atoms. The van der Waals surface area contributed by atoms with Crippen LogP contribution in [-0.4, -0.2) is 48.8 Å². The van der Waals surface area contributed by atoms with E-state index in [1.807, 2.05) is 0 Å². The maximum absolute atomic E-state index is 10.3. The van der Waals surface area contributed by atoms with E-state index in [-0.39, 0.29) is 0 Å². The van der Waals surface area contributed by atoms with E-state index in [1.54, 1.807) is 0 Å². The molecular weight excluding hydrogens is 254 g/mol. The second-order valence-corrected chi connectivity index (χ2v) is 5.62. The second-order valence-electron chi connectivity index (χ2n) is 5.62. The summed E-state index contributed by atoms with van der Waals surface area (Å²) in [5, 5.41) is 14.2. The summed E-state index contributed by atoms with van der Waals surface area (Å²) >= 11 is 0. The lowest BCUT2D eigenvalue weighted by molar-refractivity contribution is -0.137. The standard InChI is InChI=1S/C15H31N3O2/c19-15(20)9-7-5-3-1-2-4-6-8-10-17-18-13-11-16-12-14-18/h16-17H,1-14H2,(H,19,20). The van der Waals surface area contributed by atoms with Crippen molar-refractivity contribution in [3.05, 3.63) is 0 Å². The SMILES string of the molecule is O=C(O)CCCCCCCCCCNN1CCNCC1. The molecule has 118 valence electrons. The molecule has 0 aromatic rings. The third-order valence-electron chi connectivity index (χ3n) is 3.77. The molecule has 5 heteroatoms. The Morgan fingerprint density at radius 1 is 0.950 bits per heavy atom. The molecule has 1 heterocycles. The average Bonchev–Trinajstić information content (AvgIpc) is 2.45. The van der Waals surface area contributed by atoms with Gasteiger partial charge in [0.25, 0.3) is 0 Å². The van der Waals surface area contributed by atoms with E-state index in [0.717, 1.165) is 45.6 Å². The van der Waals surface area contributed by atoms with Gasteiger partial charge in [-0.15, -0.1) is 0 Å². The highest BCUT2D eigenvalue weighted by molar-refractivity contribution is 5.66. The van der Waals surface area contributed by atoms with Crippen LogP contribution in [0.1, 0.15) is 57.8 Å². The number of nitrogens with one attached hydrogen (secondary N) is 2. The Bertz CT molecular complexity index is 243. The van der Waals surface area contributed by atoms with Crippen LogP contribution in [0.5, 0.6) is 0 Å². The summed E-state index contributed by atoms with van der Waals surface area (Å²) in [5.41, 5.74) is 3.49. The van der Waals surface area contributed by atoms with Crippen LogP contribution in [0.25, 0.3) is 0 Å². The van der Waals surface area contributed by atoms with Gasteiger partial charge in [-0.1, -0.05) is 38.5 Å². The van der Waals surface area contributed by atoms with Gasteiger partial charge in [0.1, 0.15) is 0 Å². The molecule has 20 heavy (non-hydrogen) atoms. The van der Waals surface area contributed by atoms with E-state index in [1.165, 1.54) is 38.5 Å². The Labute approximate surface area is 123 Å². The van der Waals surface area contributed by atoms with Gasteiger partial charge in [0.05, 0.1) is 0 Å². The molecule has 0 saturated carbocycles. The molecule has 0 aliphatic carbocycles. The number of nitrogens with zero attached hydrogens (tertiary/aromatic N) is 1. The van der Waals surface area contributed by atoms with Crippen LogP contribution in [0.2, 0.25) is 0 Å². The number of hydrazine groups is 1. The fourth-order valence-electron chi connectivity index (χ4n) is 2.52. The minimum atomic E-state index is -0.665. The normalized spacial score (nSPS) is 16.4. The zero-order valence-electron chi connectivity index (χ0n) is 12.7. The summed E-state index contributed by atoms with van der Waals surface area (Å²) in [4.78, 5) is 10.3. The number of rotatable bonds is 12. The van der Waals surface area contributed by atoms with E-state index >= 15 is 0 Å². The maximum atomic E-state index is 10.3. The topological polar surface area (TPSA) is 64.6 Å². The number of carbonyl (C=O) groups is 1. The minimum Gasteiger partial charge on any atom is -0.481 e. The van der Waals surface area contributed by atoms with Crippen molar-refractivity contribution in [2.24, 2.45) is 0 Å². The van der Waals surface area contributed by atoms with E-state index in [0.29, 0.717) is 6.42 Å². The molecule has 0 aromatic heterocycles. The van der Waals surface area contributed by atoms with Crippen molar-refractivity contribution in [1.82, 2.24) is 15.8 Å². The summed E-state index contributed by atoms with van der Waals surface area (Å²) in [6.07, 6.45) is 9.83. The fraction of sp³-hybridized carbons (Fsp3) is 0.933. The summed E-state index contributed by atoms with van der Waals surface area (Å²) in [6.45, 7) is 5.50. The first-order chi connectivity index (χ1) is 9.79. The lowest BCUT2D eigenvalue weighted by Gasteiger charge is -2.27. The van der Waals surface area contributed by atoms with Crippen LogP contribution in [-0.2, 0) is 4.79 Å². The zero-order chi connectivity index (χ0) is 14.5. The Balaban J connectivity index is 1.73. The number of aliphatic carboxylic acids is 1. The van der Waals surface area contributed by atoms with E-state index in [4.69, 9.17) is 5.11 Å².